The van der Waals surface area contributed by atoms with E-state index < -0.39 is 109 Å². The third-order valence-electron chi connectivity index (χ3n) is 9.70. The average Bonchev–Trinajstić information content (AvgIpc) is 3.97. The average molecular weight is 732 g/mol. The van der Waals surface area contributed by atoms with Gasteiger partial charge in [0.15, 0.2) is 5.82 Å². The summed E-state index contributed by atoms with van der Waals surface area (Å²) in [5.74, 6) is -1.07. The Kier molecular flexibility index (Phi) is 4.57. The summed E-state index contributed by atoms with van der Waals surface area (Å²) in [6.45, 7) is 0. The van der Waals surface area contributed by atoms with Crippen molar-refractivity contribution in [2.45, 2.75) is 0 Å². The van der Waals surface area contributed by atoms with E-state index in [2.05, 4.69) is 6.07 Å². The molecule has 3 heterocycles. The van der Waals surface area contributed by atoms with Crippen molar-refractivity contribution >= 4 is 43.6 Å². The number of nitrogens with zero attached hydrogens (tertiary/aromatic N) is 5. The Hall–Kier alpha value is -7.63. The second-order valence-electron chi connectivity index (χ2n) is 12.9. The summed E-state index contributed by atoms with van der Waals surface area (Å²) in [6.07, 6.45) is 0. The predicted octanol–water partition coefficient (Wildman–Crippen LogP) is 12.7. The molecule has 0 amide bonds. The molecule has 3 aromatic heterocycles. The first-order chi connectivity index (χ1) is 34.4. The van der Waals surface area contributed by atoms with Crippen molar-refractivity contribution in [2.75, 3.05) is 0 Å². The Morgan fingerprint density at radius 3 is 1.05 bits per heavy atom. The van der Waals surface area contributed by atoms with E-state index in [1.54, 1.807) is 18.2 Å². The highest BCUT2D eigenvalue weighted by molar-refractivity contribution is 6.10. The fraction of sp³-hybridized carbons (Fsp3) is 0. The molecule has 0 atom stereocenters. The molecule has 5 heteroatoms. The maximum absolute atomic E-state index is 9.20. The van der Waals surface area contributed by atoms with Crippen LogP contribution in [-0.4, -0.2) is 24.1 Å². The van der Waals surface area contributed by atoms with E-state index in [1.807, 2.05) is 78.9 Å². The molecule has 56 heavy (non-hydrogen) atoms. The second kappa shape index (κ2) is 13.0. The maximum atomic E-state index is 9.20. The fourth-order valence-corrected chi connectivity index (χ4v) is 7.15. The predicted molar refractivity (Wildman–Crippen MR) is 230 cm³/mol. The number of fused-ring (bicyclic) bond motifs is 6. The van der Waals surface area contributed by atoms with Gasteiger partial charge in [0.05, 0.1) is 44.0 Å². The van der Waals surface area contributed by atoms with Crippen LogP contribution < -0.4 is 0 Å². The topological polar surface area (TPSA) is 48.5 Å². The van der Waals surface area contributed by atoms with Crippen molar-refractivity contribution < 1.29 is 21.9 Å². The summed E-state index contributed by atoms with van der Waals surface area (Å²) in [4.78, 5) is 14.5. The van der Waals surface area contributed by atoms with Crippen LogP contribution in [0.25, 0.3) is 100 Å². The zero-order chi connectivity index (χ0) is 50.9. The first-order valence-electron chi connectivity index (χ1n) is 25.6. The molecule has 0 spiro atoms. The van der Waals surface area contributed by atoms with Gasteiger partial charge in [-0.25, -0.2) is 0 Å². The summed E-state index contributed by atoms with van der Waals surface area (Å²) in [5, 5.41) is -1.05. The summed E-state index contributed by atoms with van der Waals surface area (Å²) in [5.41, 5.74) is 4.49. The van der Waals surface area contributed by atoms with E-state index in [-0.39, 0.29) is 49.4 Å². The first kappa shape index (κ1) is 19.6. The molecular weight excluding hydrogens is 683 g/mol. The van der Waals surface area contributed by atoms with Gasteiger partial charge in [-0.2, -0.15) is 15.0 Å². The molecule has 0 unspecified atom stereocenters. The number of hydrogen-bond donors (Lipinski definition) is 0. The Morgan fingerprint density at radius 2 is 0.643 bits per heavy atom. The van der Waals surface area contributed by atoms with Crippen LogP contribution in [0.5, 0.6) is 0 Å². The Balaban J connectivity index is 1.24. The van der Waals surface area contributed by atoms with Crippen molar-refractivity contribution in [1.82, 2.24) is 24.1 Å². The van der Waals surface area contributed by atoms with Crippen LogP contribution in [0.2, 0.25) is 0 Å². The molecule has 11 aromatic rings. The minimum absolute atomic E-state index is 0.142. The van der Waals surface area contributed by atoms with E-state index in [9.17, 15) is 5.48 Å². The minimum atomic E-state index is -0.697. The summed E-state index contributed by atoms with van der Waals surface area (Å²) >= 11 is 0. The highest BCUT2D eigenvalue weighted by atomic mass is 15.3. The number of para-hydroxylation sites is 4. The summed E-state index contributed by atoms with van der Waals surface area (Å²) < 4.78 is 144. The van der Waals surface area contributed by atoms with Gasteiger partial charge in [0.2, 0.25) is 11.9 Å². The molecule has 0 bridgehead atoms. The molecule has 0 saturated carbocycles. The molecule has 5 nitrogen and oxygen atoms in total. The van der Waals surface area contributed by atoms with E-state index in [0.717, 1.165) is 37.0 Å². The van der Waals surface area contributed by atoms with Gasteiger partial charge in [-0.05, 0) is 75.7 Å². The van der Waals surface area contributed by atoms with Gasteiger partial charge in [0, 0.05) is 27.1 Å². The number of aromatic nitrogens is 5. The van der Waals surface area contributed by atoms with E-state index in [1.165, 1.54) is 0 Å². The molecule has 0 aliphatic rings. The summed E-state index contributed by atoms with van der Waals surface area (Å²) in [7, 11) is 0. The Morgan fingerprint density at radius 1 is 0.321 bits per heavy atom. The van der Waals surface area contributed by atoms with Crippen molar-refractivity contribution in [2.24, 2.45) is 0 Å². The van der Waals surface area contributed by atoms with Crippen molar-refractivity contribution in [1.29, 1.82) is 0 Å². The Bertz CT molecular complexity index is 3860. The first-order valence-corrected chi connectivity index (χ1v) is 17.6. The van der Waals surface area contributed by atoms with E-state index >= 15 is 0 Å². The minimum Gasteiger partial charge on any atom is -0.278 e. The van der Waals surface area contributed by atoms with Crippen LogP contribution >= 0.6 is 0 Å². The highest BCUT2D eigenvalue weighted by Gasteiger charge is 2.20. The molecule has 262 valence electrons. The molecular formula is C51H33N5. The lowest BCUT2D eigenvalue weighted by Gasteiger charge is -2.13. The van der Waals surface area contributed by atoms with E-state index in [4.69, 9.17) is 31.4 Å². The lowest BCUT2D eigenvalue weighted by Crippen LogP contribution is -2.10. The van der Waals surface area contributed by atoms with Crippen LogP contribution in [0.4, 0.5) is 0 Å². The lowest BCUT2D eigenvalue weighted by atomic mass is 9.96. The monoisotopic (exact) mass is 731 g/mol. The van der Waals surface area contributed by atoms with Crippen LogP contribution in [0.3, 0.4) is 0 Å². The largest absolute Gasteiger partial charge is 0.278 e. The van der Waals surface area contributed by atoms with Crippen molar-refractivity contribution in [3.05, 3.63) is 200 Å². The number of benzene rings is 8. The zero-order valence-corrected chi connectivity index (χ0v) is 29.1. The zero-order valence-electron chi connectivity index (χ0n) is 45.1. The Labute approximate surface area is 345 Å². The van der Waals surface area contributed by atoms with Crippen LogP contribution in [0.1, 0.15) is 21.9 Å². The van der Waals surface area contributed by atoms with Crippen LogP contribution in [-0.2, 0) is 0 Å². The second-order valence-corrected chi connectivity index (χ2v) is 12.9. The molecule has 0 N–H and O–H groups in total. The van der Waals surface area contributed by atoms with Gasteiger partial charge in [-0.1, -0.05) is 157 Å². The molecule has 0 radical (unpaired) electrons. The van der Waals surface area contributed by atoms with Crippen LogP contribution in [0.15, 0.2) is 200 Å². The third-order valence-corrected chi connectivity index (χ3v) is 9.70. The SMILES string of the molecule is [2H]c1c([2H])c([2H])c2c(c1[2H])c1c([2H])c([2H])c([2H])c([2H])c1n2-c1nc(-c2cccc(-c3cccc(-c4cccc(-c5ccccc5)c4)c3)c2)nc(-n2c3c([2H])c([2H])c([2H])c([2H])c3c3c([2H])c([2H])c([2H])c([2H])c32)n1. The van der Waals surface area contributed by atoms with Gasteiger partial charge in [0.1, 0.15) is 0 Å². The van der Waals surface area contributed by atoms with E-state index in [0.29, 0.717) is 11.1 Å². The van der Waals surface area contributed by atoms with Gasteiger partial charge in [-0.15, -0.1) is 0 Å². The third kappa shape index (κ3) is 5.29. The fourth-order valence-electron chi connectivity index (χ4n) is 7.15. The quantitative estimate of drug-likeness (QED) is 0.171. The molecule has 0 saturated heterocycles. The molecule has 0 fully saturated rings. The molecule has 8 aromatic carbocycles. The standard InChI is InChI=1S/C51H33N5/c1-2-15-34(16-3-1)35-17-12-18-36(31-35)37-19-13-20-38(32-37)39-21-14-22-40(33-39)49-52-50(55-45-27-8-4-23-41(45)42-24-5-9-28-46(42)55)54-51(53-49)56-47-29-10-6-25-43(47)44-26-7-11-30-48(44)56/h1-33H/i4D,5D,6D,7D,8D,9D,10D,11D,23D,24D,25D,26D,27D,28D,29D,30D. The number of hydrogen-bond acceptors (Lipinski definition) is 3. The van der Waals surface area contributed by atoms with Crippen LogP contribution in [0, 0.1) is 0 Å². The molecule has 11 rings (SSSR count). The van der Waals surface area contributed by atoms with Gasteiger partial charge >= 0.3 is 0 Å². The maximum Gasteiger partial charge on any atom is 0.240 e. The van der Waals surface area contributed by atoms with Gasteiger partial charge < -0.3 is 0 Å². The lowest BCUT2D eigenvalue weighted by molar-refractivity contribution is 0.893. The van der Waals surface area contributed by atoms with Crippen molar-refractivity contribution in [3.8, 4) is 56.7 Å². The van der Waals surface area contributed by atoms with Gasteiger partial charge in [-0.3, -0.25) is 9.13 Å². The molecule has 0 aliphatic carbocycles. The van der Waals surface area contributed by atoms with Crippen molar-refractivity contribution in [3.63, 3.8) is 0 Å². The van der Waals surface area contributed by atoms with Gasteiger partial charge in [0.25, 0.3) is 0 Å². The highest BCUT2D eigenvalue weighted by Crippen LogP contribution is 2.36. The molecule has 0 aliphatic heterocycles. The number of rotatable bonds is 6. The normalized spacial score (nSPS) is 15.6. The smallest absolute Gasteiger partial charge is 0.240 e. The summed E-state index contributed by atoms with van der Waals surface area (Å²) in [6, 6.07) is 22.6.